The second kappa shape index (κ2) is 8.66. The molecule has 0 saturated heterocycles. The van der Waals surface area contributed by atoms with E-state index in [1.54, 1.807) is 0 Å². The zero-order valence-electron chi connectivity index (χ0n) is 12.3. The molecule has 21 heavy (non-hydrogen) atoms. The summed E-state index contributed by atoms with van der Waals surface area (Å²) in [7, 11) is 1.97. The van der Waals surface area contributed by atoms with Gasteiger partial charge in [0.15, 0.2) is 12.4 Å². The molecular formula is C14H20N3O3S+. The van der Waals surface area contributed by atoms with Gasteiger partial charge in [-0.3, -0.25) is 0 Å². The van der Waals surface area contributed by atoms with Gasteiger partial charge in [0, 0.05) is 24.3 Å². The molecule has 0 unspecified atom stereocenters. The average Bonchev–Trinajstić information content (AvgIpc) is 2.95. The minimum absolute atomic E-state index is 0.450. The number of hydrogen-bond donors (Lipinski definition) is 0. The first kappa shape index (κ1) is 15.8. The molecule has 0 aliphatic heterocycles. The van der Waals surface area contributed by atoms with Crippen molar-refractivity contribution in [1.29, 1.82) is 0 Å². The van der Waals surface area contributed by atoms with Crippen LogP contribution >= 0.6 is 11.7 Å². The van der Waals surface area contributed by atoms with Crippen molar-refractivity contribution in [1.82, 2.24) is 8.75 Å². The third-order valence-electron chi connectivity index (χ3n) is 2.75. The lowest BCUT2D eigenvalue weighted by atomic mass is 10.2. The van der Waals surface area contributed by atoms with Gasteiger partial charge in [-0.1, -0.05) is 0 Å². The van der Waals surface area contributed by atoms with E-state index >= 15 is 0 Å². The molecular weight excluding hydrogens is 290 g/mol. The van der Waals surface area contributed by atoms with Gasteiger partial charge in [-0.15, -0.1) is 4.37 Å². The van der Waals surface area contributed by atoms with Crippen LogP contribution in [0.5, 0.6) is 5.88 Å². The molecule has 7 heteroatoms. The van der Waals surface area contributed by atoms with Gasteiger partial charge < -0.3 is 14.2 Å². The van der Waals surface area contributed by atoms with Crippen molar-refractivity contribution in [3.63, 3.8) is 0 Å². The zero-order chi connectivity index (χ0) is 14.9. The van der Waals surface area contributed by atoms with Crippen molar-refractivity contribution in [3.8, 4) is 17.1 Å². The zero-order valence-corrected chi connectivity index (χ0v) is 13.1. The molecule has 0 spiro atoms. The number of nitrogens with zero attached hydrogens (tertiary/aromatic N) is 3. The Morgan fingerprint density at radius 2 is 1.76 bits per heavy atom. The van der Waals surface area contributed by atoms with E-state index in [-0.39, 0.29) is 0 Å². The molecule has 2 heterocycles. The molecule has 0 amide bonds. The van der Waals surface area contributed by atoms with Crippen molar-refractivity contribution < 1.29 is 18.8 Å². The minimum atomic E-state index is 0.450. The second-order valence-electron chi connectivity index (χ2n) is 4.33. The normalized spacial score (nSPS) is 10.8. The van der Waals surface area contributed by atoms with Crippen LogP contribution in [-0.4, -0.2) is 41.8 Å². The molecule has 114 valence electrons. The highest BCUT2D eigenvalue weighted by molar-refractivity contribution is 6.99. The Hall–Kier alpha value is -1.57. The molecule has 2 rings (SSSR count). The van der Waals surface area contributed by atoms with E-state index in [4.69, 9.17) is 14.2 Å². The van der Waals surface area contributed by atoms with Crippen molar-refractivity contribution in [3.05, 3.63) is 24.5 Å². The van der Waals surface area contributed by atoms with Crippen LogP contribution in [-0.2, 0) is 16.5 Å². The molecule has 0 radical (unpaired) electrons. The van der Waals surface area contributed by atoms with Crippen molar-refractivity contribution in [2.75, 3.05) is 33.0 Å². The number of ether oxygens (including phenoxy) is 3. The van der Waals surface area contributed by atoms with Crippen LogP contribution in [0.25, 0.3) is 11.3 Å². The largest absolute Gasteiger partial charge is 0.473 e. The van der Waals surface area contributed by atoms with Crippen LogP contribution in [0.3, 0.4) is 0 Å². The Balaban J connectivity index is 1.79. The SMILES string of the molecule is CCOCCOCCOc1nsnc1-c1cc[n+](C)cc1. The predicted octanol–water partition coefficient (Wildman–Crippen LogP) is 1.46. The summed E-state index contributed by atoms with van der Waals surface area (Å²) in [5.41, 5.74) is 1.77. The topological polar surface area (TPSA) is 57.4 Å². The summed E-state index contributed by atoms with van der Waals surface area (Å²) in [4.78, 5) is 0. The smallest absolute Gasteiger partial charge is 0.254 e. The Morgan fingerprint density at radius 1 is 1.05 bits per heavy atom. The maximum absolute atomic E-state index is 5.63. The van der Waals surface area contributed by atoms with Gasteiger partial charge in [0.2, 0.25) is 0 Å². The second-order valence-corrected chi connectivity index (χ2v) is 4.86. The summed E-state index contributed by atoms with van der Waals surface area (Å²) < 4.78 is 26.7. The first-order valence-corrected chi connectivity index (χ1v) is 7.60. The number of pyridine rings is 1. The van der Waals surface area contributed by atoms with Crippen LogP contribution in [0.1, 0.15) is 6.92 Å². The first-order chi connectivity index (χ1) is 10.3. The lowest BCUT2D eigenvalue weighted by Crippen LogP contribution is -2.25. The van der Waals surface area contributed by atoms with Gasteiger partial charge in [-0.2, -0.15) is 4.37 Å². The molecule has 0 fully saturated rings. The van der Waals surface area contributed by atoms with Crippen LogP contribution in [0.15, 0.2) is 24.5 Å². The Kier molecular flexibility index (Phi) is 6.52. The molecule has 0 aliphatic rings. The van der Waals surface area contributed by atoms with Gasteiger partial charge in [-0.05, 0) is 6.92 Å². The first-order valence-electron chi connectivity index (χ1n) is 6.87. The van der Waals surface area contributed by atoms with Crippen molar-refractivity contribution >= 4 is 11.7 Å². The Labute approximate surface area is 128 Å². The summed E-state index contributed by atoms with van der Waals surface area (Å²) in [6, 6.07) is 3.98. The van der Waals surface area contributed by atoms with E-state index in [9.17, 15) is 0 Å². The number of aryl methyl sites for hydroxylation is 1. The van der Waals surface area contributed by atoms with E-state index in [2.05, 4.69) is 8.75 Å². The summed E-state index contributed by atoms with van der Waals surface area (Å²) in [5, 5.41) is 0. The van der Waals surface area contributed by atoms with E-state index in [0.717, 1.165) is 23.0 Å². The Morgan fingerprint density at radius 3 is 2.52 bits per heavy atom. The van der Waals surface area contributed by atoms with E-state index < -0.39 is 0 Å². The molecule has 0 bridgehead atoms. The van der Waals surface area contributed by atoms with Crippen molar-refractivity contribution in [2.45, 2.75) is 6.92 Å². The molecule has 2 aromatic rings. The van der Waals surface area contributed by atoms with Crippen LogP contribution in [0, 0.1) is 0 Å². The molecule has 0 saturated carbocycles. The monoisotopic (exact) mass is 310 g/mol. The lowest BCUT2D eigenvalue weighted by Gasteiger charge is -2.06. The number of aromatic nitrogens is 3. The van der Waals surface area contributed by atoms with Crippen LogP contribution in [0.4, 0.5) is 0 Å². The molecule has 2 aromatic heterocycles. The average molecular weight is 310 g/mol. The third kappa shape index (κ3) is 5.04. The quantitative estimate of drug-likeness (QED) is 0.518. The summed E-state index contributed by atoms with van der Waals surface area (Å²) in [6.07, 6.45) is 3.94. The highest BCUT2D eigenvalue weighted by atomic mass is 32.1. The summed E-state index contributed by atoms with van der Waals surface area (Å²) in [5.74, 6) is 0.558. The van der Waals surface area contributed by atoms with E-state index in [1.807, 2.05) is 43.1 Å². The van der Waals surface area contributed by atoms with E-state index in [1.165, 1.54) is 0 Å². The highest BCUT2D eigenvalue weighted by Gasteiger charge is 2.12. The van der Waals surface area contributed by atoms with Gasteiger partial charge >= 0.3 is 0 Å². The van der Waals surface area contributed by atoms with Gasteiger partial charge in [0.25, 0.3) is 5.88 Å². The van der Waals surface area contributed by atoms with Crippen LogP contribution in [0.2, 0.25) is 0 Å². The Bertz CT molecular complexity index is 531. The van der Waals surface area contributed by atoms with Crippen LogP contribution < -0.4 is 9.30 Å². The fourth-order valence-electron chi connectivity index (χ4n) is 1.67. The van der Waals surface area contributed by atoms with E-state index in [0.29, 0.717) is 38.9 Å². The molecule has 0 N–H and O–H groups in total. The maximum Gasteiger partial charge on any atom is 0.254 e. The molecule has 6 nitrogen and oxygen atoms in total. The maximum atomic E-state index is 5.63. The van der Waals surface area contributed by atoms with Crippen molar-refractivity contribution in [2.24, 2.45) is 7.05 Å². The standard InChI is InChI=1S/C14H20N3O3S/c1-3-18-8-9-19-10-11-20-14-13(15-21-16-14)12-4-6-17(2)7-5-12/h4-7H,3,8-11H2,1-2H3/q+1. The highest BCUT2D eigenvalue weighted by Crippen LogP contribution is 2.26. The molecule has 0 aliphatic carbocycles. The third-order valence-corrected chi connectivity index (χ3v) is 3.26. The molecule has 0 aromatic carbocycles. The summed E-state index contributed by atoms with van der Waals surface area (Å²) >= 11 is 1.15. The lowest BCUT2D eigenvalue weighted by molar-refractivity contribution is -0.671. The fourth-order valence-corrected chi connectivity index (χ4v) is 2.19. The number of hydrogen-bond acceptors (Lipinski definition) is 6. The van der Waals surface area contributed by atoms with Gasteiger partial charge in [0.1, 0.15) is 19.3 Å². The van der Waals surface area contributed by atoms with Gasteiger partial charge in [0.05, 0.1) is 31.5 Å². The summed E-state index contributed by atoms with van der Waals surface area (Å²) in [6.45, 7) is 4.82. The predicted molar refractivity (Wildman–Crippen MR) is 79.3 cm³/mol. The molecule has 0 atom stereocenters. The number of rotatable bonds is 9. The van der Waals surface area contributed by atoms with Gasteiger partial charge in [-0.25, -0.2) is 4.57 Å². The fraction of sp³-hybridized carbons (Fsp3) is 0.500. The minimum Gasteiger partial charge on any atom is -0.473 e.